The van der Waals surface area contributed by atoms with Crippen molar-refractivity contribution in [3.8, 4) is 0 Å². The lowest BCUT2D eigenvalue weighted by Crippen LogP contribution is -2.42. The average molecular weight is 283 g/mol. The van der Waals surface area contributed by atoms with Crippen molar-refractivity contribution in [2.45, 2.75) is 26.1 Å². The molecule has 2 N–H and O–H groups in total. The van der Waals surface area contributed by atoms with Gasteiger partial charge in [0, 0.05) is 19.6 Å². The Morgan fingerprint density at radius 1 is 1.60 bits per heavy atom. The largest absolute Gasteiger partial charge is 0.461 e. The van der Waals surface area contributed by atoms with Crippen LogP contribution in [-0.4, -0.2) is 65.3 Å². The third kappa shape index (κ3) is 3.33. The van der Waals surface area contributed by atoms with Crippen LogP contribution < -0.4 is 5.73 Å². The van der Waals surface area contributed by atoms with Gasteiger partial charge in [-0.05, 0) is 14.0 Å². The number of likely N-dealkylation sites (N-methyl/N-ethyl adjacent to an activating group) is 1. The summed E-state index contributed by atoms with van der Waals surface area (Å²) in [4.78, 5) is 13.9. The van der Waals surface area contributed by atoms with Crippen LogP contribution in [0.25, 0.3) is 0 Å². The fraction of sp³-hybridized carbons (Fsp3) is 0.750. The first-order chi connectivity index (χ1) is 9.65. The molecule has 1 aliphatic heterocycles. The second-order valence-electron chi connectivity index (χ2n) is 4.75. The maximum Gasteiger partial charge on any atom is 0.360 e. The van der Waals surface area contributed by atoms with Gasteiger partial charge in [-0.3, -0.25) is 0 Å². The highest BCUT2D eigenvalue weighted by atomic mass is 16.5. The van der Waals surface area contributed by atoms with Crippen molar-refractivity contribution in [2.24, 2.45) is 5.73 Å². The van der Waals surface area contributed by atoms with E-state index >= 15 is 0 Å². The summed E-state index contributed by atoms with van der Waals surface area (Å²) in [6, 6.07) is 0. The van der Waals surface area contributed by atoms with Gasteiger partial charge in [0.25, 0.3) is 0 Å². The Kier molecular flexibility index (Phi) is 5.05. The average Bonchev–Trinajstić information content (AvgIpc) is 2.82. The predicted octanol–water partition coefficient (Wildman–Crippen LogP) is -0.756. The van der Waals surface area contributed by atoms with Crippen molar-refractivity contribution in [2.75, 3.05) is 33.4 Å². The Hall–Kier alpha value is -1.51. The van der Waals surface area contributed by atoms with E-state index in [1.165, 1.54) is 0 Å². The molecule has 1 fully saturated rings. The number of esters is 1. The van der Waals surface area contributed by atoms with Crippen LogP contribution in [0.4, 0.5) is 0 Å². The van der Waals surface area contributed by atoms with Crippen LogP contribution in [0.5, 0.6) is 0 Å². The number of ether oxygens (including phenoxy) is 2. The van der Waals surface area contributed by atoms with Gasteiger partial charge < -0.3 is 20.1 Å². The van der Waals surface area contributed by atoms with Crippen molar-refractivity contribution >= 4 is 5.97 Å². The molecule has 1 unspecified atom stereocenters. The monoisotopic (exact) mass is 283 g/mol. The number of rotatable bonds is 5. The summed E-state index contributed by atoms with van der Waals surface area (Å²) in [5.41, 5.74) is 6.48. The van der Waals surface area contributed by atoms with Crippen molar-refractivity contribution in [1.29, 1.82) is 0 Å². The van der Waals surface area contributed by atoms with Gasteiger partial charge in [-0.15, -0.1) is 5.10 Å². The van der Waals surface area contributed by atoms with E-state index in [0.717, 1.165) is 13.1 Å². The van der Waals surface area contributed by atoms with E-state index < -0.39 is 5.97 Å². The normalized spacial score (nSPS) is 20.1. The van der Waals surface area contributed by atoms with Crippen LogP contribution in [0.2, 0.25) is 0 Å². The topological polar surface area (TPSA) is 95.5 Å². The van der Waals surface area contributed by atoms with Gasteiger partial charge in [0.1, 0.15) is 0 Å². The molecule has 0 spiro atoms. The maximum absolute atomic E-state index is 11.7. The standard InChI is InChI=1S/C12H21N5O3/c1-3-19-12(18)11-10(6-13)17(15-14-11)8-9-7-16(2)4-5-20-9/h9H,3-8,13H2,1-2H3. The minimum absolute atomic E-state index is 0.0239. The first-order valence-electron chi connectivity index (χ1n) is 6.75. The van der Waals surface area contributed by atoms with Crippen molar-refractivity contribution < 1.29 is 14.3 Å². The molecule has 1 aromatic heterocycles. The Morgan fingerprint density at radius 2 is 2.40 bits per heavy atom. The Morgan fingerprint density at radius 3 is 3.05 bits per heavy atom. The second-order valence-corrected chi connectivity index (χ2v) is 4.75. The minimum Gasteiger partial charge on any atom is -0.461 e. The highest BCUT2D eigenvalue weighted by Crippen LogP contribution is 2.11. The quantitative estimate of drug-likeness (QED) is 0.710. The molecular formula is C12H21N5O3. The lowest BCUT2D eigenvalue weighted by molar-refractivity contribution is -0.0296. The predicted molar refractivity (Wildman–Crippen MR) is 71.1 cm³/mol. The summed E-state index contributed by atoms with van der Waals surface area (Å²) >= 11 is 0. The molecule has 1 aliphatic rings. The van der Waals surface area contributed by atoms with Crippen molar-refractivity contribution in [3.05, 3.63) is 11.4 Å². The van der Waals surface area contributed by atoms with E-state index in [4.69, 9.17) is 15.2 Å². The van der Waals surface area contributed by atoms with Crippen LogP contribution in [0.3, 0.4) is 0 Å². The number of morpholine rings is 1. The van der Waals surface area contributed by atoms with Gasteiger partial charge in [-0.25, -0.2) is 9.48 Å². The molecule has 20 heavy (non-hydrogen) atoms. The number of carbonyl (C=O) groups is 1. The first-order valence-corrected chi connectivity index (χ1v) is 6.75. The highest BCUT2D eigenvalue weighted by Gasteiger charge is 2.24. The number of hydrogen-bond donors (Lipinski definition) is 1. The van der Waals surface area contributed by atoms with E-state index in [1.54, 1.807) is 11.6 Å². The van der Waals surface area contributed by atoms with Crippen molar-refractivity contribution in [3.63, 3.8) is 0 Å². The van der Waals surface area contributed by atoms with Crippen LogP contribution in [-0.2, 0) is 22.6 Å². The van der Waals surface area contributed by atoms with Gasteiger partial charge in [0.05, 0.1) is 31.6 Å². The zero-order valence-corrected chi connectivity index (χ0v) is 11.9. The molecule has 0 amide bonds. The van der Waals surface area contributed by atoms with Gasteiger partial charge in [-0.1, -0.05) is 5.21 Å². The molecule has 0 aromatic carbocycles. The first kappa shape index (κ1) is 14.9. The summed E-state index contributed by atoms with van der Waals surface area (Å²) in [6.07, 6.45) is 0.0239. The van der Waals surface area contributed by atoms with Crippen molar-refractivity contribution in [1.82, 2.24) is 19.9 Å². The molecule has 8 nitrogen and oxygen atoms in total. The molecule has 0 aliphatic carbocycles. The van der Waals surface area contributed by atoms with Gasteiger partial charge >= 0.3 is 5.97 Å². The Bertz CT molecular complexity index is 462. The van der Waals surface area contributed by atoms with E-state index in [9.17, 15) is 4.79 Å². The molecule has 2 rings (SSSR count). The molecular weight excluding hydrogens is 262 g/mol. The number of hydrogen-bond acceptors (Lipinski definition) is 7. The summed E-state index contributed by atoms with van der Waals surface area (Å²) in [6.45, 7) is 5.19. The summed E-state index contributed by atoms with van der Waals surface area (Å²) in [7, 11) is 2.05. The number of nitrogens with two attached hydrogens (primary N) is 1. The third-order valence-electron chi connectivity index (χ3n) is 3.22. The molecule has 0 saturated carbocycles. The lowest BCUT2D eigenvalue weighted by atomic mass is 10.2. The number of nitrogens with zero attached hydrogens (tertiary/aromatic N) is 4. The zero-order valence-electron chi connectivity index (χ0n) is 11.9. The smallest absolute Gasteiger partial charge is 0.360 e. The summed E-state index contributed by atoms with van der Waals surface area (Å²) < 4.78 is 12.3. The fourth-order valence-corrected chi connectivity index (χ4v) is 2.21. The SMILES string of the molecule is CCOC(=O)c1nnn(CC2CN(C)CCO2)c1CN. The molecule has 0 bridgehead atoms. The Labute approximate surface area is 117 Å². The summed E-state index contributed by atoms with van der Waals surface area (Å²) in [5.74, 6) is -0.485. The molecule has 112 valence electrons. The number of aromatic nitrogens is 3. The molecule has 1 saturated heterocycles. The van der Waals surface area contributed by atoms with Gasteiger partial charge in [0.2, 0.25) is 0 Å². The molecule has 1 atom stereocenters. The van der Waals surface area contributed by atoms with Crippen LogP contribution in [0.1, 0.15) is 23.1 Å². The maximum atomic E-state index is 11.7. The fourth-order valence-electron chi connectivity index (χ4n) is 2.21. The van der Waals surface area contributed by atoms with Crippen LogP contribution in [0.15, 0.2) is 0 Å². The summed E-state index contributed by atoms with van der Waals surface area (Å²) in [5, 5.41) is 7.88. The molecule has 2 heterocycles. The van der Waals surface area contributed by atoms with Crippen LogP contribution >= 0.6 is 0 Å². The van der Waals surface area contributed by atoms with Gasteiger partial charge in [-0.2, -0.15) is 0 Å². The third-order valence-corrected chi connectivity index (χ3v) is 3.22. The second kappa shape index (κ2) is 6.78. The lowest BCUT2D eigenvalue weighted by Gasteiger charge is -2.30. The minimum atomic E-state index is -0.485. The Balaban J connectivity index is 2.10. The van der Waals surface area contributed by atoms with Crippen LogP contribution in [0, 0.1) is 0 Å². The zero-order chi connectivity index (χ0) is 14.5. The molecule has 8 heteroatoms. The highest BCUT2D eigenvalue weighted by molar-refractivity contribution is 5.88. The van der Waals surface area contributed by atoms with E-state index in [-0.39, 0.29) is 18.3 Å². The molecule has 0 radical (unpaired) electrons. The van der Waals surface area contributed by atoms with E-state index in [0.29, 0.717) is 25.5 Å². The van der Waals surface area contributed by atoms with Gasteiger partial charge in [0.15, 0.2) is 5.69 Å². The molecule has 1 aromatic rings. The van der Waals surface area contributed by atoms with E-state index in [2.05, 4.69) is 15.2 Å². The number of carbonyl (C=O) groups excluding carboxylic acids is 1. The van der Waals surface area contributed by atoms with E-state index in [1.807, 2.05) is 7.05 Å².